The Hall–Kier alpha value is -1.13. The number of aromatic nitrogens is 1. The molecule has 0 aromatic carbocycles. The minimum Gasteiger partial charge on any atom is -0.391 e. The summed E-state index contributed by atoms with van der Waals surface area (Å²) in [5.41, 5.74) is 7.95. The van der Waals surface area contributed by atoms with Gasteiger partial charge in [0.1, 0.15) is 0 Å². The minimum atomic E-state index is -0.207. The van der Waals surface area contributed by atoms with Gasteiger partial charge in [-0.3, -0.25) is 4.98 Å². The summed E-state index contributed by atoms with van der Waals surface area (Å²) in [4.78, 5) is 6.58. The van der Waals surface area contributed by atoms with Crippen LogP contribution in [-0.4, -0.2) is 29.3 Å². The third-order valence-corrected chi connectivity index (χ3v) is 3.35. The Morgan fingerprint density at radius 2 is 2.41 bits per heavy atom. The van der Waals surface area contributed by atoms with E-state index in [-0.39, 0.29) is 12.1 Å². The molecule has 1 unspecified atom stereocenters. The van der Waals surface area contributed by atoms with E-state index in [2.05, 4.69) is 22.9 Å². The van der Waals surface area contributed by atoms with Crippen molar-refractivity contribution < 1.29 is 5.11 Å². The number of piperidine rings is 1. The highest BCUT2D eigenvalue weighted by atomic mass is 16.3. The van der Waals surface area contributed by atoms with Gasteiger partial charge in [0.05, 0.1) is 23.7 Å². The van der Waals surface area contributed by atoms with Crippen molar-refractivity contribution in [3.05, 3.63) is 24.0 Å². The zero-order chi connectivity index (χ0) is 12.3. The summed E-state index contributed by atoms with van der Waals surface area (Å²) in [7, 11) is 0. The third kappa shape index (κ3) is 2.96. The van der Waals surface area contributed by atoms with Crippen LogP contribution < -0.4 is 10.6 Å². The molecule has 4 nitrogen and oxygen atoms in total. The molecule has 0 spiro atoms. The van der Waals surface area contributed by atoms with Crippen LogP contribution in [0.3, 0.4) is 0 Å². The van der Waals surface area contributed by atoms with Crippen molar-refractivity contribution in [1.29, 1.82) is 0 Å². The van der Waals surface area contributed by atoms with Crippen molar-refractivity contribution >= 4 is 5.69 Å². The van der Waals surface area contributed by atoms with Gasteiger partial charge >= 0.3 is 0 Å². The van der Waals surface area contributed by atoms with E-state index in [1.54, 1.807) is 0 Å². The molecule has 1 aliphatic rings. The Labute approximate surface area is 102 Å². The number of hydrogen-bond acceptors (Lipinski definition) is 4. The summed E-state index contributed by atoms with van der Waals surface area (Å²) in [5.74, 6) is 0. The van der Waals surface area contributed by atoms with E-state index in [0.29, 0.717) is 6.54 Å². The van der Waals surface area contributed by atoms with E-state index in [4.69, 9.17) is 5.73 Å². The highest BCUT2D eigenvalue weighted by Gasteiger charge is 2.18. The molecule has 2 rings (SSSR count). The summed E-state index contributed by atoms with van der Waals surface area (Å²) in [6.45, 7) is 3.76. The smallest absolute Gasteiger partial charge is 0.0715 e. The summed E-state index contributed by atoms with van der Waals surface area (Å²) >= 11 is 0. The van der Waals surface area contributed by atoms with Gasteiger partial charge in [0, 0.05) is 19.1 Å². The van der Waals surface area contributed by atoms with E-state index in [1.165, 1.54) is 0 Å². The summed E-state index contributed by atoms with van der Waals surface area (Å²) in [5, 5.41) is 9.64. The Kier molecular flexibility index (Phi) is 3.97. The predicted octanol–water partition coefficient (Wildman–Crippen LogP) is 1.45. The maximum absolute atomic E-state index is 9.64. The first kappa shape index (κ1) is 12.3. The molecule has 94 valence electrons. The molecule has 0 amide bonds. The standard InChI is InChI=1S/C13H21N3O/c1-2-12(14)13-6-5-10(8-15-13)16-7-3-4-11(17)9-16/h5-6,8,11-12,17H,2-4,7,9,14H2,1H3/t11?,12-/m0/s1. The van der Waals surface area contributed by atoms with Gasteiger partial charge < -0.3 is 15.7 Å². The fraction of sp³-hybridized carbons (Fsp3) is 0.615. The average molecular weight is 235 g/mol. The normalized spacial score (nSPS) is 22.5. The molecule has 2 heterocycles. The Morgan fingerprint density at radius 3 is 3.00 bits per heavy atom. The van der Waals surface area contributed by atoms with Crippen LogP contribution in [0.5, 0.6) is 0 Å². The monoisotopic (exact) mass is 235 g/mol. The second-order valence-corrected chi connectivity index (χ2v) is 4.70. The molecule has 1 fully saturated rings. The van der Waals surface area contributed by atoms with Crippen LogP contribution in [0.2, 0.25) is 0 Å². The lowest BCUT2D eigenvalue weighted by molar-refractivity contribution is 0.154. The molecule has 0 aliphatic carbocycles. The molecular weight excluding hydrogens is 214 g/mol. The predicted molar refractivity (Wildman–Crippen MR) is 68.9 cm³/mol. The Bertz CT molecular complexity index is 352. The molecule has 1 aromatic heterocycles. The van der Waals surface area contributed by atoms with E-state index in [0.717, 1.165) is 37.2 Å². The quantitative estimate of drug-likeness (QED) is 0.832. The maximum Gasteiger partial charge on any atom is 0.0715 e. The number of aliphatic hydroxyl groups is 1. The van der Waals surface area contributed by atoms with Gasteiger partial charge in [-0.25, -0.2) is 0 Å². The number of β-amino-alcohol motifs (C(OH)–C–C–N with tert-alkyl or cyclic N) is 1. The number of rotatable bonds is 3. The van der Waals surface area contributed by atoms with Crippen molar-refractivity contribution in [1.82, 2.24) is 4.98 Å². The second kappa shape index (κ2) is 5.47. The number of aliphatic hydroxyl groups excluding tert-OH is 1. The summed E-state index contributed by atoms with van der Waals surface area (Å²) in [6, 6.07) is 4.07. The lowest BCUT2D eigenvalue weighted by atomic mass is 10.1. The zero-order valence-corrected chi connectivity index (χ0v) is 10.3. The molecule has 0 bridgehead atoms. The molecule has 17 heavy (non-hydrogen) atoms. The van der Waals surface area contributed by atoms with Crippen molar-refractivity contribution in [3.63, 3.8) is 0 Å². The molecule has 4 heteroatoms. The number of nitrogens with zero attached hydrogens (tertiary/aromatic N) is 2. The minimum absolute atomic E-state index is 0.0241. The van der Waals surface area contributed by atoms with Gasteiger partial charge in [-0.05, 0) is 31.4 Å². The summed E-state index contributed by atoms with van der Waals surface area (Å²) < 4.78 is 0. The van der Waals surface area contributed by atoms with Gasteiger partial charge in [0.25, 0.3) is 0 Å². The number of nitrogens with two attached hydrogens (primary N) is 1. The van der Waals surface area contributed by atoms with Crippen molar-refractivity contribution in [3.8, 4) is 0 Å². The van der Waals surface area contributed by atoms with Gasteiger partial charge in [-0.15, -0.1) is 0 Å². The van der Waals surface area contributed by atoms with E-state index in [9.17, 15) is 5.11 Å². The maximum atomic E-state index is 9.64. The van der Waals surface area contributed by atoms with Crippen LogP contribution in [0, 0.1) is 0 Å². The molecule has 1 aliphatic heterocycles. The lowest BCUT2D eigenvalue weighted by Crippen LogP contribution is -2.38. The van der Waals surface area contributed by atoms with Crippen LogP contribution in [0.4, 0.5) is 5.69 Å². The van der Waals surface area contributed by atoms with Crippen LogP contribution >= 0.6 is 0 Å². The highest BCUT2D eigenvalue weighted by molar-refractivity contribution is 5.45. The van der Waals surface area contributed by atoms with Crippen LogP contribution in [0.15, 0.2) is 18.3 Å². The fourth-order valence-electron chi connectivity index (χ4n) is 2.20. The Morgan fingerprint density at radius 1 is 1.59 bits per heavy atom. The fourth-order valence-corrected chi connectivity index (χ4v) is 2.20. The molecule has 1 aromatic rings. The zero-order valence-electron chi connectivity index (χ0n) is 10.3. The SMILES string of the molecule is CC[C@H](N)c1ccc(N2CCCC(O)C2)cn1. The first-order valence-electron chi connectivity index (χ1n) is 6.35. The molecular formula is C13H21N3O. The third-order valence-electron chi connectivity index (χ3n) is 3.35. The summed E-state index contributed by atoms with van der Waals surface area (Å²) in [6.07, 6.45) is 4.50. The number of hydrogen-bond donors (Lipinski definition) is 2. The van der Waals surface area contributed by atoms with Crippen molar-refractivity contribution in [2.45, 2.75) is 38.3 Å². The van der Waals surface area contributed by atoms with E-state index >= 15 is 0 Å². The lowest BCUT2D eigenvalue weighted by Gasteiger charge is -2.31. The van der Waals surface area contributed by atoms with Crippen LogP contribution in [-0.2, 0) is 0 Å². The van der Waals surface area contributed by atoms with Gasteiger partial charge in [0.2, 0.25) is 0 Å². The molecule has 0 radical (unpaired) electrons. The van der Waals surface area contributed by atoms with Crippen LogP contribution in [0.1, 0.15) is 37.9 Å². The molecule has 3 N–H and O–H groups in total. The first-order valence-corrected chi connectivity index (χ1v) is 6.35. The molecule has 2 atom stereocenters. The topological polar surface area (TPSA) is 62.4 Å². The van der Waals surface area contributed by atoms with Gasteiger partial charge in [0.15, 0.2) is 0 Å². The van der Waals surface area contributed by atoms with E-state index < -0.39 is 0 Å². The average Bonchev–Trinajstić information content (AvgIpc) is 2.38. The Balaban J connectivity index is 2.06. The van der Waals surface area contributed by atoms with Gasteiger partial charge in [-0.2, -0.15) is 0 Å². The first-order chi connectivity index (χ1) is 8.20. The number of anilines is 1. The highest BCUT2D eigenvalue weighted by Crippen LogP contribution is 2.20. The van der Waals surface area contributed by atoms with Crippen molar-refractivity contribution in [2.75, 3.05) is 18.0 Å². The second-order valence-electron chi connectivity index (χ2n) is 4.70. The largest absolute Gasteiger partial charge is 0.391 e. The van der Waals surface area contributed by atoms with Crippen molar-refractivity contribution in [2.24, 2.45) is 5.73 Å². The van der Waals surface area contributed by atoms with Gasteiger partial charge in [-0.1, -0.05) is 6.92 Å². The molecule has 1 saturated heterocycles. The van der Waals surface area contributed by atoms with Crippen LogP contribution in [0.25, 0.3) is 0 Å². The molecule has 0 saturated carbocycles. The van der Waals surface area contributed by atoms with E-state index in [1.807, 2.05) is 12.3 Å². The number of pyridine rings is 1.